The van der Waals surface area contributed by atoms with Gasteiger partial charge in [-0.05, 0) is 42.9 Å². The Bertz CT molecular complexity index is 383. The van der Waals surface area contributed by atoms with Gasteiger partial charge in [-0.3, -0.25) is 4.79 Å². The van der Waals surface area contributed by atoms with Crippen LogP contribution >= 0.6 is 0 Å². The van der Waals surface area contributed by atoms with Gasteiger partial charge in [-0.1, -0.05) is 27.2 Å². The Labute approximate surface area is 110 Å². The zero-order chi connectivity index (χ0) is 13.2. The number of rotatable bonds is 0. The normalized spacial score (nSPS) is 50.8. The second-order valence-corrected chi connectivity index (χ2v) is 7.82. The molecule has 3 fully saturated rings. The SMILES string of the molecule is CC1(C)CCC[C@]2(C)C1CC(=O)[C@]1(C)OCCC21. The predicted octanol–water partition coefficient (Wildman–Crippen LogP) is 3.59. The fourth-order valence-corrected chi connectivity index (χ4v) is 5.48. The number of fused-ring (bicyclic) bond motifs is 3. The Morgan fingerprint density at radius 2 is 1.83 bits per heavy atom. The van der Waals surface area contributed by atoms with Gasteiger partial charge in [-0.15, -0.1) is 0 Å². The highest BCUT2D eigenvalue weighted by atomic mass is 16.5. The highest BCUT2D eigenvalue weighted by molar-refractivity contribution is 5.89. The molecule has 0 bridgehead atoms. The molecule has 1 heterocycles. The largest absolute Gasteiger partial charge is 0.367 e. The third kappa shape index (κ3) is 1.41. The van der Waals surface area contributed by atoms with Crippen molar-refractivity contribution < 1.29 is 9.53 Å². The van der Waals surface area contributed by atoms with Crippen LogP contribution < -0.4 is 0 Å². The smallest absolute Gasteiger partial charge is 0.164 e. The fourth-order valence-electron chi connectivity index (χ4n) is 5.48. The second kappa shape index (κ2) is 3.59. The molecule has 0 amide bonds. The maximum absolute atomic E-state index is 12.6. The van der Waals surface area contributed by atoms with E-state index in [1.165, 1.54) is 19.3 Å². The summed E-state index contributed by atoms with van der Waals surface area (Å²) in [6.45, 7) is 9.98. The molecule has 0 radical (unpaired) electrons. The number of hydrogen-bond donors (Lipinski definition) is 0. The highest BCUT2D eigenvalue weighted by Gasteiger charge is 2.63. The molecule has 0 spiro atoms. The van der Waals surface area contributed by atoms with Crippen LogP contribution in [0.3, 0.4) is 0 Å². The van der Waals surface area contributed by atoms with Crippen LogP contribution in [0.15, 0.2) is 0 Å². The number of ether oxygens (including phenoxy) is 1. The summed E-state index contributed by atoms with van der Waals surface area (Å²) in [6, 6.07) is 0. The standard InChI is InChI=1S/C16H26O2/c1-14(2)7-5-8-15(3)11-6-9-18-16(11,4)13(17)10-12(14)15/h11-12H,5-10H2,1-4H3/t11?,12?,15-,16+/m0/s1. The first-order valence-corrected chi connectivity index (χ1v) is 7.48. The van der Waals surface area contributed by atoms with Gasteiger partial charge in [0.1, 0.15) is 5.60 Å². The molecule has 1 saturated heterocycles. The zero-order valence-corrected chi connectivity index (χ0v) is 12.2. The van der Waals surface area contributed by atoms with Crippen molar-refractivity contribution in [3.05, 3.63) is 0 Å². The monoisotopic (exact) mass is 250 g/mol. The van der Waals surface area contributed by atoms with Crippen molar-refractivity contribution in [2.45, 2.75) is 65.4 Å². The van der Waals surface area contributed by atoms with Gasteiger partial charge in [0.15, 0.2) is 5.78 Å². The van der Waals surface area contributed by atoms with E-state index in [-0.39, 0.29) is 0 Å². The van der Waals surface area contributed by atoms with Crippen LogP contribution in [-0.4, -0.2) is 18.0 Å². The Balaban J connectivity index is 2.05. The van der Waals surface area contributed by atoms with Crippen LogP contribution in [0.1, 0.15) is 59.8 Å². The summed E-state index contributed by atoms with van der Waals surface area (Å²) >= 11 is 0. The molecule has 2 unspecified atom stereocenters. The van der Waals surface area contributed by atoms with E-state index in [0.717, 1.165) is 19.4 Å². The Hall–Kier alpha value is -0.370. The van der Waals surface area contributed by atoms with Crippen molar-refractivity contribution >= 4 is 5.78 Å². The molecule has 2 saturated carbocycles. The van der Waals surface area contributed by atoms with E-state index in [1.807, 2.05) is 0 Å². The van der Waals surface area contributed by atoms with Crippen molar-refractivity contribution in [2.75, 3.05) is 6.61 Å². The van der Waals surface area contributed by atoms with Crippen molar-refractivity contribution in [2.24, 2.45) is 22.7 Å². The van der Waals surface area contributed by atoms with E-state index in [9.17, 15) is 4.79 Å². The van der Waals surface area contributed by atoms with Gasteiger partial charge in [-0.2, -0.15) is 0 Å². The highest BCUT2D eigenvalue weighted by Crippen LogP contribution is 2.63. The number of ketones is 1. The first-order valence-electron chi connectivity index (χ1n) is 7.48. The Morgan fingerprint density at radius 1 is 1.11 bits per heavy atom. The van der Waals surface area contributed by atoms with E-state index in [1.54, 1.807) is 0 Å². The summed E-state index contributed by atoms with van der Waals surface area (Å²) in [4.78, 5) is 12.6. The molecule has 18 heavy (non-hydrogen) atoms. The summed E-state index contributed by atoms with van der Waals surface area (Å²) in [5.74, 6) is 1.35. The molecule has 0 aromatic rings. The minimum atomic E-state index is -0.474. The molecule has 102 valence electrons. The van der Waals surface area contributed by atoms with Crippen molar-refractivity contribution in [1.82, 2.24) is 0 Å². The van der Waals surface area contributed by atoms with E-state index < -0.39 is 5.60 Å². The lowest BCUT2D eigenvalue weighted by Gasteiger charge is -2.59. The molecule has 2 nitrogen and oxygen atoms in total. The maximum Gasteiger partial charge on any atom is 0.164 e. The number of carbonyl (C=O) groups excluding carboxylic acids is 1. The van der Waals surface area contributed by atoms with Crippen molar-refractivity contribution in [1.29, 1.82) is 0 Å². The van der Waals surface area contributed by atoms with E-state index >= 15 is 0 Å². The number of carbonyl (C=O) groups is 1. The maximum atomic E-state index is 12.6. The lowest BCUT2D eigenvalue weighted by Crippen LogP contribution is -2.60. The lowest BCUT2D eigenvalue weighted by atomic mass is 9.45. The average molecular weight is 250 g/mol. The summed E-state index contributed by atoms with van der Waals surface area (Å²) < 4.78 is 5.89. The molecule has 3 rings (SSSR count). The van der Waals surface area contributed by atoms with Crippen LogP contribution in [-0.2, 0) is 9.53 Å². The predicted molar refractivity (Wildman–Crippen MR) is 71.3 cm³/mol. The van der Waals surface area contributed by atoms with E-state index in [4.69, 9.17) is 4.74 Å². The Kier molecular flexibility index (Phi) is 2.53. The lowest BCUT2D eigenvalue weighted by molar-refractivity contribution is -0.172. The van der Waals surface area contributed by atoms with Crippen molar-refractivity contribution in [3.63, 3.8) is 0 Å². The number of Topliss-reactive ketones (excluding diaryl/α,β-unsaturated/α-hetero) is 1. The molecular formula is C16H26O2. The minimum absolute atomic E-state index is 0.306. The van der Waals surface area contributed by atoms with Crippen LogP contribution in [0.25, 0.3) is 0 Å². The van der Waals surface area contributed by atoms with Gasteiger partial charge < -0.3 is 4.74 Å². The third-order valence-corrected chi connectivity index (χ3v) is 6.49. The van der Waals surface area contributed by atoms with Gasteiger partial charge >= 0.3 is 0 Å². The minimum Gasteiger partial charge on any atom is -0.367 e. The summed E-state index contributed by atoms with van der Waals surface area (Å²) in [7, 11) is 0. The molecule has 0 aromatic heterocycles. The van der Waals surface area contributed by atoms with Crippen LogP contribution in [0.4, 0.5) is 0 Å². The molecule has 0 N–H and O–H groups in total. The second-order valence-electron chi connectivity index (χ2n) is 7.82. The summed E-state index contributed by atoms with van der Waals surface area (Å²) in [5.41, 5.74) is 0.145. The zero-order valence-electron chi connectivity index (χ0n) is 12.2. The van der Waals surface area contributed by atoms with Gasteiger partial charge in [-0.25, -0.2) is 0 Å². The topological polar surface area (TPSA) is 26.3 Å². The first-order chi connectivity index (χ1) is 8.31. The van der Waals surface area contributed by atoms with Gasteiger partial charge in [0.05, 0.1) is 0 Å². The molecule has 0 aromatic carbocycles. The molecule has 2 aliphatic carbocycles. The fraction of sp³-hybridized carbons (Fsp3) is 0.938. The van der Waals surface area contributed by atoms with Crippen LogP contribution in [0, 0.1) is 22.7 Å². The van der Waals surface area contributed by atoms with Gasteiger partial charge in [0.2, 0.25) is 0 Å². The molecular weight excluding hydrogens is 224 g/mol. The molecule has 1 aliphatic heterocycles. The Morgan fingerprint density at radius 3 is 2.56 bits per heavy atom. The van der Waals surface area contributed by atoms with E-state index in [0.29, 0.717) is 28.4 Å². The average Bonchev–Trinajstić information content (AvgIpc) is 2.67. The van der Waals surface area contributed by atoms with Gasteiger partial charge in [0.25, 0.3) is 0 Å². The molecule has 2 heteroatoms. The molecule has 3 aliphatic rings. The van der Waals surface area contributed by atoms with Crippen molar-refractivity contribution in [3.8, 4) is 0 Å². The van der Waals surface area contributed by atoms with E-state index in [2.05, 4.69) is 27.7 Å². The quantitative estimate of drug-likeness (QED) is 0.657. The third-order valence-electron chi connectivity index (χ3n) is 6.49. The summed E-state index contributed by atoms with van der Waals surface area (Å²) in [6.07, 6.45) is 5.66. The number of hydrogen-bond acceptors (Lipinski definition) is 2. The van der Waals surface area contributed by atoms with Gasteiger partial charge in [0, 0.05) is 18.9 Å². The summed E-state index contributed by atoms with van der Waals surface area (Å²) in [5, 5.41) is 0. The first kappa shape index (κ1) is 12.7. The van der Waals surface area contributed by atoms with Crippen LogP contribution in [0.2, 0.25) is 0 Å². The molecule has 4 atom stereocenters. The van der Waals surface area contributed by atoms with Crippen LogP contribution in [0.5, 0.6) is 0 Å².